The molecule has 2 aliphatic rings. The van der Waals surface area contributed by atoms with Crippen LogP contribution in [-0.4, -0.2) is 46.2 Å². The Morgan fingerprint density at radius 3 is 2.07 bits per heavy atom. The van der Waals surface area contributed by atoms with Crippen molar-refractivity contribution in [2.75, 3.05) is 13.1 Å². The maximum atomic E-state index is 11.6. The van der Waals surface area contributed by atoms with Crippen molar-refractivity contribution in [1.82, 2.24) is 4.90 Å². The average Bonchev–Trinajstić information content (AvgIpc) is 1.94. The Balaban J connectivity index is 1.90. The van der Waals surface area contributed by atoms with Gasteiger partial charge < -0.3 is 15.1 Å². The molecule has 1 saturated heterocycles. The van der Waals surface area contributed by atoms with Crippen LogP contribution >= 0.6 is 0 Å². The number of amides is 1. The Kier molecular flexibility index (Phi) is 2.19. The second kappa shape index (κ2) is 3.24. The molecule has 2 N–H and O–H groups in total. The molecule has 0 bridgehead atoms. The van der Waals surface area contributed by atoms with E-state index in [-0.39, 0.29) is 11.8 Å². The van der Waals surface area contributed by atoms with Crippen LogP contribution in [-0.2, 0) is 9.59 Å². The molecule has 2 fully saturated rings. The van der Waals surface area contributed by atoms with Crippen molar-refractivity contribution in [3.05, 3.63) is 0 Å². The van der Waals surface area contributed by atoms with E-state index < -0.39 is 18.0 Å². The van der Waals surface area contributed by atoms with Crippen LogP contribution in [0.2, 0.25) is 0 Å². The van der Waals surface area contributed by atoms with Gasteiger partial charge in [-0.05, 0) is 12.8 Å². The Labute approximate surface area is 81.3 Å². The van der Waals surface area contributed by atoms with Crippen molar-refractivity contribution in [3.8, 4) is 0 Å². The molecule has 78 valence electrons. The summed E-state index contributed by atoms with van der Waals surface area (Å²) in [7, 11) is 0. The fourth-order valence-electron chi connectivity index (χ4n) is 1.96. The molecule has 1 saturated carbocycles. The fourth-order valence-corrected chi connectivity index (χ4v) is 1.96. The van der Waals surface area contributed by atoms with Gasteiger partial charge in [-0.15, -0.1) is 0 Å². The minimum absolute atomic E-state index is 0.103. The summed E-state index contributed by atoms with van der Waals surface area (Å²) in [6.45, 7) is 0.726. The summed E-state index contributed by atoms with van der Waals surface area (Å²) in [6, 6.07) is 0. The molecule has 0 spiro atoms. The van der Waals surface area contributed by atoms with E-state index >= 15 is 0 Å². The van der Waals surface area contributed by atoms with E-state index in [1.54, 1.807) is 0 Å². The molecule has 2 atom stereocenters. The molecule has 0 radical (unpaired) electrons. The second-order valence-electron chi connectivity index (χ2n) is 4.03. The smallest absolute Gasteiger partial charge is 0.307 e. The van der Waals surface area contributed by atoms with Crippen molar-refractivity contribution >= 4 is 11.9 Å². The molecule has 5 heteroatoms. The zero-order chi connectivity index (χ0) is 10.3. The number of β-amino-alcohol motifs (C(OH)–C–C–N with tert-alkyl or cyclic N) is 1. The topological polar surface area (TPSA) is 77.8 Å². The van der Waals surface area contributed by atoms with E-state index in [2.05, 4.69) is 0 Å². The lowest BCUT2D eigenvalue weighted by molar-refractivity contribution is -0.161. The normalized spacial score (nSPS) is 31.9. The molecular formula is C9H13NO4. The minimum Gasteiger partial charge on any atom is -0.481 e. The van der Waals surface area contributed by atoms with E-state index in [1.807, 2.05) is 0 Å². The van der Waals surface area contributed by atoms with Gasteiger partial charge in [0.1, 0.15) is 0 Å². The van der Waals surface area contributed by atoms with E-state index in [0.717, 1.165) is 0 Å². The zero-order valence-electron chi connectivity index (χ0n) is 7.72. The first-order valence-electron chi connectivity index (χ1n) is 4.79. The highest BCUT2D eigenvalue weighted by atomic mass is 16.4. The maximum Gasteiger partial charge on any atom is 0.307 e. The largest absolute Gasteiger partial charge is 0.481 e. The number of aliphatic hydroxyl groups is 1. The number of carbonyl (C=O) groups excluding carboxylic acids is 1. The average molecular weight is 199 g/mol. The highest BCUT2D eigenvalue weighted by Gasteiger charge is 2.45. The Hall–Kier alpha value is -1.10. The van der Waals surface area contributed by atoms with Gasteiger partial charge in [0.15, 0.2) is 0 Å². The van der Waals surface area contributed by atoms with Crippen LogP contribution < -0.4 is 0 Å². The molecule has 1 aliphatic carbocycles. The lowest BCUT2D eigenvalue weighted by Crippen LogP contribution is -2.57. The lowest BCUT2D eigenvalue weighted by Gasteiger charge is -2.42. The van der Waals surface area contributed by atoms with Gasteiger partial charge in [-0.1, -0.05) is 0 Å². The Morgan fingerprint density at radius 1 is 1.14 bits per heavy atom. The van der Waals surface area contributed by atoms with Crippen LogP contribution in [0.4, 0.5) is 0 Å². The highest BCUT2D eigenvalue weighted by molar-refractivity contribution is 5.86. The number of aliphatic hydroxyl groups excluding tert-OH is 1. The van der Waals surface area contributed by atoms with Gasteiger partial charge in [-0.3, -0.25) is 9.59 Å². The monoisotopic (exact) mass is 199 g/mol. The molecular weight excluding hydrogens is 186 g/mol. The number of carboxylic acids is 1. The first kappa shape index (κ1) is 9.45. The number of hydrogen-bond donors (Lipinski definition) is 2. The van der Waals surface area contributed by atoms with Gasteiger partial charge in [0.05, 0.1) is 17.9 Å². The maximum absolute atomic E-state index is 11.6. The summed E-state index contributed by atoms with van der Waals surface area (Å²) >= 11 is 0. The van der Waals surface area contributed by atoms with E-state index in [9.17, 15) is 9.59 Å². The van der Waals surface area contributed by atoms with E-state index in [1.165, 1.54) is 4.90 Å². The van der Waals surface area contributed by atoms with Crippen LogP contribution in [0.15, 0.2) is 0 Å². The summed E-state index contributed by atoms with van der Waals surface area (Å²) in [6.07, 6.45) is 0.854. The van der Waals surface area contributed by atoms with Gasteiger partial charge >= 0.3 is 5.97 Å². The molecule has 1 heterocycles. The summed E-state index contributed by atoms with van der Waals surface area (Å²) < 4.78 is 0. The summed E-state index contributed by atoms with van der Waals surface area (Å²) in [4.78, 5) is 23.8. The number of aliphatic carboxylic acids is 1. The van der Waals surface area contributed by atoms with Crippen LogP contribution in [0.5, 0.6) is 0 Å². The summed E-state index contributed by atoms with van der Waals surface area (Å²) in [5.41, 5.74) is 0. The molecule has 2 unspecified atom stereocenters. The van der Waals surface area contributed by atoms with Crippen LogP contribution in [0.1, 0.15) is 12.8 Å². The predicted molar refractivity (Wildman–Crippen MR) is 46.4 cm³/mol. The third-order valence-corrected chi connectivity index (χ3v) is 3.08. The Bertz CT molecular complexity index is 272. The molecule has 14 heavy (non-hydrogen) atoms. The zero-order valence-corrected chi connectivity index (χ0v) is 7.72. The second-order valence-corrected chi connectivity index (χ2v) is 4.03. The van der Waals surface area contributed by atoms with Gasteiger partial charge in [0.25, 0.3) is 0 Å². The van der Waals surface area contributed by atoms with Crippen molar-refractivity contribution in [1.29, 1.82) is 0 Å². The van der Waals surface area contributed by atoms with Gasteiger partial charge in [0, 0.05) is 13.1 Å². The van der Waals surface area contributed by atoms with Gasteiger partial charge in [-0.25, -0.2) is 0 Å². The van der Waals surface area contributed by atoms with Crippen molar-refractivity contribution < 1.29 is 19.8 Å². The molecule has 0 aromatic carbocycles. The minimum atomic E-state index is -0.879. The number of carboxylic acid groups (broad SMARTS) is 1. The highest BCUT2D eigenvalue weighted by Crippen LogP contribution is 2.36. The van der Waals surface area contributed by atoms with Crippen molar-refractivity contribution in [3.63, 3.8) is 0 Å². The number of carbonyl (C=O) groups is 2. The predicted octanol–water partition coefficient (Wildman–Crippen LogP) is -0.700. The first-order valence-corrected chi connectivity index (χ1v) is 4.79. The lowest BCUT2D eigenvalue weighted by atomic mass is 9.72. The summed E-state index contributed by atoms with van der Waals surface area (Å²) in [5, 5.41) is 17.8. The molecule has 0 aromatic rings. The number of rotatable bonds is 2. The number of hydrogen-bond acceptors (Lipinski definition) is 3. The van der Waals surface area contributed by atoms with E-state index in [4.69, 9.17) is 10.2 Å². The summed E-state index contributed by atoms with van der Waals surface area (Å²) in [5.74, 6) is -1.83. The first-order chi connectivity index (χ1) is 6.59. The molecule has 2 rings (SSSR count). The van der Waals surface area contributed by atoms with Gasteiger partial charge in [0.2, 0.25) is 5.91 Å². The third-order valence-electron chi connectivity index (χ3n) is 3.08. The third kappa shape index (κ3) is 1.37. The molecule has 5 nitrogen and oxygen atoms in total. The Morgan fingerprint density at radius 2 is 1.71 bits per heavy atom. The van der Waals surface area contributed by atoms with E-state index in [0.29, 0.717) is 25.9 Å². The molecule has 0 aromatic heterocycles. The number of nitrogens with zero attached hydrogens (tertiary/aromatic N) is 1. The van der Waals surface area contributed by atoms with Gasteiger partial charge in [-0.2, -0.15) is 0 Å². The fraction of sp³-hybridized carbons (Fsp3) is 0.778. The SMILES string of the molecule is O=C(O)C1CCC1C(=O)N1CC(O)C1. The van der Waals surface area contributed by atoms with Crippen LogP contribution in [0.25, 0.3) is 0 Å². The molecule has 1 amide bonds. The standard InChI is InChI=1S/C9H13NO4/c11-5-3-10(4-5)8(12)6-1-2-7(6)9(13)14/h5-7,11H,1-4H2,(H,13,14). The molecule has 1 aliphatic heterocycles. The van der Waals surface area contributed by atoms with Crippen molar-refractivity contribution in [2.45, 2.75) is 18.9 Å². The van der Waals surface area contributed by atoms with Crippen LogP contribution in [0.3, 0.4) is 0 Å². The van der Waals surface area contributed by atoms with Crippen LogP contribution in [0, 0.1) is 11.8 Å². The quantitative estimate of drug-likeness (QED) is 0.616. The number of likely N-dealkylation sites (tertiary alicyclic amines) is 1. The van der Waals surface area contributed by atoms with Crippen molar-refractivity contribution in [2.24, 2.45) is 11.8 Å².